The van der Waals surface area contributed by atoms with Gasteiger partial charge in [-0.1, -0.05) is 6.42 Å². The molecule has 6 nitrogen and oxygen atoms in total. The fourth-order valence-electron chi connectivity index (χ4n) is 1.92. The largest absolute Gasteiger partial charge is 0.481 e. The number of oxazole rings is 1. The molecule has 1 aliphatic rings. The van der Waals surface area contributed by atoms with Gasteiger partial charge < -0.3 is 14.8 Å². The van der Waals surface area contributed by atoms with Crippen molar-refractivity contribution in [2.45, 2.75) is 26.2 Å². The molecule has 1 aliphatic carbocycles. The second-order valence-corrected chi connectivity index (χ2v) is 4.39. The van der Waals surface area contributed by atoms with Crippen LogP contribution in [-0.4, -0.2) is 28.5 Å². The normalized spacial score (nSPS) is 17.2. The van der Waals surface area contributed by atoms with Crippen molar-refractivity contribution in [1.82, 2.24) is 10.3 Å². The third-order valence-corrected chi connectivity index (χ3v) is 3.30. The van der Waals surface area contributed by atoms with Crippen LogP contribution in [0.15, 0.2) is 10.8 Å². The molecule has 6 heteroatoms. The van der Waals surface area contributed by atoms with Crippen molar-refractivity contribution in [2.75, 3.05) is 6.54 Å². The molecule has 1 fully saturated rings. The van der Waals surface area contributed by atoms with E-state index in [0.29, 0.717) is 18.5 Å². The van der Waals surface area contributed by atoms with Crippen LogP contribution in [0.2, 0.25) is 0 Å². The fourth-order valence-corrected chi connectivity index (χ4v) is 1.92. The number of hydrogen-bond donors (Lipinski definition) is 2. The highest BCUT2D eigenvalue weighted by atomic mass is 16.4. The van der Waals surface area contributed by atoms with E-state index in [0.717, 1.165) is 6.42 Å². The summed E-state index contributed by atoms with van der Waals surface area (Å²) in [5, 5.41) is 11.7. The van der Waals surface area contributed by atoms with Gasteiger partial charge in [0.25, 0.3) is 5.91 Å². The Morgan fingerprint density at radius 2 is 2.29 bits per heavy atom. The van der Waals surface area contributed by atoms with E-state index < -0.39 is 17.3 Å². The van der Waals surface area contributed by atoms with Gasteiger partial charge in [-0.3, -0.25) is 9.59 Å². The van der Waals surface area contributed by atoms with Gasteiger partial charge in [0.2, 0.25) is 5.76 Å². The van der Waals surface area contributed by atoms with Crippen LogP contribution >= 0.6 is 0 Å². The highest BCUT2D eigenvalue weighted by molar-refractivity contribution is 5.92. The van der Waals surface area contributed by atoms with E-state index in [4.69, 9.17) is 9.52 Å². The summed E-state index contributed by atoms with van der Waals surface area (Å²) in [6.07, 6.45) is 3.31. The van der Waals surface area contributed by atoms with E-state index in [9.17, 15) is 9.59 Å². The number of carbonyl (C=O) groups is 2. The lowest BCUT2D eigenvalue weighted by Crippen LogP contribution is -2.47. The molecule has 92 valence electrons. The van der Waals surface area contributed by atoms with Gasteiger partial charge in [0.1, 0.15) is 0 Å². The van der Waals surface area contributed by atoms with Gasteiger partial charge in [0.15, 0.2) is 6.39 Å². The van der Waals surface area contributed by atoms with Crippen LogP contribution in [0.1, 0.15) is 35.5 Å². The molecule has 0 atom stereocenters. The molecule has 1 heterocycles. The lowest BCUT2D eigenvalue weighted by Gasteiger charge is -2.37. The SMILES string of the molecule is Cc1ncoc1C(=O)NCC1(C(=O)O)CCC1. The monoisotopic (exact) mass is 238 g/mol. The number of carbonyl (C=O) groups excluding carboxylic acids is 1. The molecule has 0 bridgehead atoms. The Morgan fingerprint density at radius 1 is 1.59 bits per heavy atom. The van der Waals surface area contributed by atoms with Gasteiger partial charge in [0.05, 0.1) is 11.1 Å². The molecule has 0 unspecified atom stereocenters. The molecule has 1 saturated carbocycles. The zero-order chi connectivity index (χ0) is 12.5. The molecule has 0 saturated heterocycles. The Bertz CT molecular complexity index is 448. The molecule has 2 N–H and O–H groups in total. The van der Waals surface area contributed by atoms with E-state index in [1.54, 1.807) is 6.92 Å². The molecule has 1 aromatic rings. The number of amides is 1. The zero-order valence-corrected chi connectivity index (χ0v) is 9.52. The van der Waals surface area contributed by atoms with Crippen molar-refractivity contribution in [3.63, 3.8) is 0 Å². The van der Waals surface area contributed by atoms with Crippen molar-refractivity contribution >= 4 is 11.9 Å². The van der Waals surface area contributed by atoms with Crippen molar-refractivity contribution in [1.29, 1.82) is 0 Å². The lowest BCUT2D eigenvalue weighted by molar-refractivity contribution is -0.153. The summed E-state index contributed by atoms with van der Waals surface area (Å²) >= 11 is 0. The van der Waals surface area contributed by atoms with Crippen LogP contribution in [-0.2, 0) is 4.79 Å². The number of nitrogens with one attached hydrogen (secondary N) is 1. The second kappa shape index (κ2) is 4.20. The minimum absolute atomic E-state index is 0.140. The molecule has 1 amide bonds. The number of hydrogen-bond acceptors (Lipinski definition) is 4. The van der Waals surface area contributed by atoms with Crippen LogP contribution in [0.4, 0.5) is 0 Å². The summed E-state index contributed by atoms with van der Waals surface area (Å²) in [6.45, 7) is 1.80. The highest BCUT2D eigenvalue weighted by Gasteiger charge is 2.44. The van der Waals surface area contributed by atoms with Crippen molar-refractivity contribution < 1.29 is 19.1 Å². The number of nitrogens with zero attached hydrogens (tertiary/aromatic N) is 1. The van der Waals surface area contributed by atoms with Crippen LogP contribution < -0.4 is 5.32 Å². The Kier molecular flexibility index (Phi) is 2.87. The molecule has 0 radical (unpaired) electrons. The average Bonchev–Trinajstić information content (AvgIpc) is 2.62. The smallest absolute Gasteiger partial charge is 0.311 e. The number of aryl methyl sites for hydroxylation is 1. The highest BCUT2D eigenvalue weighted by Crippen LogP contribution is 2.40. The number of aliphatic carboxylic acids is 1. The van der Waals surface area contributed by atoms with Gasteiger partial charge in [-0.2, -0.15) is 0 Å². The van der Waals surface area contributed by atoms with Crippen LogP contribution in [0.5, 0.6) is 0 Å². The number of carboxylic acid groups (broad SMARTS) is 1. The fraction of sp³-hybridized carbons (Fsp3) is 0.545. The first kappa shape index (κ1) is 11.6. The summed E-state index contributed by atoms with van der Waals surface area (Å²) in [6, 6.07) is 0. The van der Waals surface area contributed by atoms with Crippen LogP contribution in [0, 0.1) is 12.3 Å². The van der Waals surface area contributed by atoms with Gasteiger partial charge in [0, 0.05) is 6.54 Å². The first-order chi connectivity index (χ1) is 8.05. The summed E-state index contributed by atoms with van der Waals surface area (Å²) in [7, 11) is 0. The quantitative estimate of drug-likeness (QED) is 0.815. The van der Waals surface area contributed by atoms with E-state index >= 15 is 0 Å². The number of rotatable bonds is 4. The zero-order valence-electron chi connectivity index (χ0n) is 9.52. The predicted molar refractivity (Wildman–Crippen MR) is 57.5 cm³/mol. The molecule has 1 aromatic heterocycles. The van der Waals surface area contributed by atoms with Crippen molar-refractivity contribution in [2.24, 2.45) is 5.41 Å². The van der Waals surface area contributed by atoms with Gasteiger partial charge >= 0.3 is 5.97 Å². The van der Waals surface area contributed by atoms with Crippen LogP contribution in [0.25, 0.3) is 0 Å². The van der Waals surface area contributed by atoms with Gasteiger partial charge in [-0.25, -0.2) is 4.98 Å². The third kappa shape index (κ3) is 2.02. The maximum Gasteiger partial charge on any atom is 0.311 e. The minimum Gasteiger partial charge on any atom is -0.481 e. The predicted octanol–water partition coefficient (Wildman–Crippen LogP) is 0.968. The Labute approximate surface area is 98.0 Å². The van der Waals surface area contributed by atoms with Crippen LogP contribution in [0.3, 0.4) is 0 Å². The average molecular weight is 238 g/mol. The second-order valence-electron chi connectivity index (χ2n) is 4.39. The summed E-state index contributed by atoms with van der Waals surface area (Å²) in [5.74, 6) is -1.12. The molecular weight excluding hydrogens is 224 g/mol. The van der Waals surface area contributed by atoms with Gasteiger partial charge in [-0.15, -0.1) is 0 Å². The number of aromatic nitrogens is 1. The molecule has 0 aliphatic heterocycles. The molecule has 2 rings (SSSR count). The molecular formula is C11H14N2O4. The molecule has 0 spiro atoms. The minimum atomic E-state index is -0.849. The number of carboxylic acids is 1. The Hall–Kier alpha value is -1.85. The maximum absolute atomic E-state index is 11.7. The lowest BCUT2D eigenvalue weighted by atomic mass is 9.69. The maximum atomic E-state index is 11.7. The van der Waals surface area contributed by atoms with Crippen molar-refractivity contribution in [3.05, 3.63) is 17.8 Å². The standard InChI is InChI=1S/C11H14N2O4/c1-7-8(17-6-13-7)9(14)12-5-11(10(15)16)3-2-4-11/h6H,2-5H2,1H3,(H,12,14)(H,15,16). The molecule has 0 aromatic carbocycles. The summed E-state index contributed by atoms with van der Waals surface area (Å²) in [5.41, 5.74) is -0.288. The first-order valence-electron chi connectivity index (χ1n) is 5.47. The Balaban J connectivity index is 1.97. The molecule has 17 heavy (non-hydrogen) atoms. The van der Waals surface area contributed by atoms with Crippen molar-refractivity contribution in [3.8, 4) is 0 Å². The van der Waals surface area contributed by atoms with E-state index in [-0.39, 0.29) is 12.3 Å². The summed E-state index contributed by atoms with van der Waals surface area (Å²) in [4.78, 5) is 26.6. The van der Waals surface area contributed by atoms with E-state index in [1.165, 1.54) is 6.39 Å². The van der Waals surface area contributed by atoms with E-state index in [1.807, 2.05) is 0 Å². The summed E-state index contributed by atoms with van der Waals surface area (Å²) < 4.78 is 4.93. The third-order valence-electron chi connectivity index (χ3n) is 3.30. The van der Waals surface area contributed by atoms with Gasteiger partial charge in [-0.05, 0) is 19.8 Å². The van der Waals surface area contributed by atoms with E-state index in [2.05, 4.69) is 10.3 Å². The Morgan fingerprint density at radius 3 is 2.71 bits per heavy atom. The first-order valence-corrected chi connectivity index (χ1v) is 5.47. The topological polar surface area (TPSA) is 92.4 Å².